The van der Waals surface area contributed by atoms with Gasteiger partial charge in [0.15, 0.2) is 11.6 Å². The summed E-state index contributed by atoms with van der Waals surface area (Å²) in [5, 5.41) is 6.37. The third kappa shape index (κ3) is 4.68. The van der Waals surface area contributed by atoms with Crippen LogP contribution in [0.2, 0.25) is 0 Å². The first-order valence-corrected chi connectivity index (χ1v) is 19.3. The van der Waals surface area contributed by atoms with Gasteiger partial charge in [-0.25, -0.2) is 9.97 Å². The summed E-state index contributed by atoms with van der Waals surface area (Å²) in [6, 6.07) is 60.6. The molecule has 0 saturated carbocycles. The van der Waals surface area contributed by atoms with Gasteiger partial charge in [0.05, 0.1) is 38.5 Å². The standard InChI is InChI=1S/C49H29N7S/c57-48-35-21-8-7-20-34(35)43-44(36-22-10-13-25-40(36)55-42-26-14-11-23-38(42)50-47(43)55)54(48)32-27-28-41-37(29-32)33-19-9-12-24-39(33)56(41)49-52-45(30-15-3-1-4-16-30)51-46(53-49)31-17-5-2-6-18-31/h1-29H. The molecule has 0 saturated heterocycles. The van der Waals surface area contributed by atoms with Gasteiger partial charge in [-0.2, -0.15) is 9.97 Å². The highest BCUT2D eigenvalue weighted by molar-refractivity contribution is 7.71. The molecule has 0 fully saturated rings. The smallest absolute Gasteiger partial charge is 0.238 e. The van der Waals surface area contributed by atoms with Crippen LogP contribution in [0.1, 0.15) is 0 Å². The molecule has 0 aliphatic carbocycles. The van der Waals surface area contributed by atoms with Crippen LogP contribution in [0.5, 0.6) is 0 Å². The number of nitrogens with zero attached hydrogens (tertiary/aromatic N) is 7. The molecule has 0 bridgehead atoms. The lowest BCUT2D eigenvalue weighted by Crippen LogP contribution is -2.06. The molecule has 266 valence electrons. The molecule has 5 heterocycles. The lowest BCUT2D eigenvalue weighted by atomic mass is 10.0. The first-order chi connectivity index (χ1) is 28.2. The lowest BCUT2D eigenvalue weighted by molar-refractivity contribution is 0.953. The maximum Gasteiger partial charge on any atom is 0.238 e. The van der Waals surface area contributed by atoms with Gasteiger partial charge in [-0.15, -0.1) is 0 Å². The Labute approximate surface area is 330 Å². The summed E-state index contributed by atoms with van der Waals surface area (Å²) in [5.41, 5.74) is 9.80. The van der Waals surface area contributed by atoms with E-state index in [2.05, 4.69) is 123 Å². The van der Waals surface area contributed by atoms with Crippen molar-refractivity contribution in [3.8, 4) is 34.4 Å². The van der Waals surface area contributed by atoms with Gasteiger partial charge in [0, 0.05) is 38.4 Å². The van der Waals surface area contributed by atoms with Gasteiger partial charge in [0.25, 0.3) is 0 Å². The molecular weight excluding hydrogens is 719 g/mol. The van der Waals surface area contributed by atoms with Crippen molar-refractivity contribution in [1.82, 2.24) is 33.5 Å². The minimum atomic E-state index is 0.550. The number of rotatable bonds is 4. The van der Waals surface area contributed by atoms with E-state index in [-0.39, 0.29) is 0 Å². The fourth-order valence-corrected chi connectivity index (χ4v) is 8.97. The Balaban J connectivity index is 1.18. The number of imidazole rings is 1. The van der Waals surface area contributed by atoms with Crippen LogP contribution in [-0.2, 0) is 0 Å². The Morgan fingerprint density at radius 1 is 0.404 bits per heavy atom. The summed E-state index contributed by atoms with van der Waals surface area (Å²) in [5.74, 6) is 1.77. The summed E-state index contributed by atoms with van der Waals surface area (Å²) in [7, 11) is 0. The van der Waals surface area contributed by atoms with E-state index < -0.39 is 0 Å². The topological polar surface area (TPSA) is 65.8 Å². The molecule has 0 spiro atoms. The average molecular weight is 748 g/mol. The van der Waals surface area contributed by atoms with Crippen LogP contribution >= 0.6 is 12.2 Å². The van der Waals surface area contributed by atoms with Crippen molar-refractivity contribution in [2.45, 2.75) is 0 Å². The lowest BCUT2D eigenvalue weighted by Gasteiger charge is -2.19. The molecule has 0 radical (unpaired) electrons. The van der Waals surface area contributed by atoms with Crippen LogP contribution in [0.15, 0.2) is 176 Å². The van der Waals surface area contributed by atoms with Crippen LogP contribution in [0.4, 0.5) is 0 Å². The first-order valence-electron chi connectivity index (χ1n) is 18.9. The number of hydrogen-bond acceptors (Lipinski definition) is 5. The summed E-state index contributed by atoms with van der Waals surface area (Å²) in [6.45, 7) is 0. The third-order valence-electron chi connectivity index (χ3n) is 11.1. The van der Waals surface area contributed by atoms with Crippen molar-refractivity contribution in [2.24, 2.45) is 0 Å². The van der Waals surface area contributed by atoms with Crippen molar-refractivity contribution in [1.29, 1.82) is 0 Å². The number of fused-ring (bicyclic) bond motifs is 13. The van der Waals surface area contributed by atoms with E-state index in [9.17, 15) is 0 Å². The van der Waals surface area contributed by atoms with E-state index in [0.717, 1.165) is 92.5 Å². The molecule has 0 aliphatic heterocycles. The number of benzene rings is 7. The second-order valence-corrected chi connectivity index (χ2v) is 14.6. The Bertz CT molecular complexity index is 3600. The Hall–Kier alpha value is -7.55. The van der Waals surface area contributed by atoms with Gasteiger partial charge in [-0.3, -0.25) is 13.5 Å². The largest absolute Gasteiger partial charge is 0.299 e. The minimum Gasteiger partial charge on any atom is -0.299 e. The van der Waals surface area contributed by atoms with Crippen molar-refractivity contribution in [2.75, 3.05) is 0 Å². The van der Waals surface area contributed by atoms with Crippen LogP contribution < -0.4 is 0 Å². The molecule has 0 aliphatic rings. The Morgan fingerprint density at radius 2 is 0.965 bits per heavy atom. The predicted molar refractivity (Wildman–Crippen MR) is 234 cm³/mol. The van der Waals surface area contributed by atoms with Gasteiger partial charge in [-0.05, 0) is 47.9 Å². The van der Waals surface area contributed by atoms with E-state index in [4.69, 9.17) is 32.2 Å². The molecule has 12 rings (SSSR count). The molecule has 12 aromatic rings. The van der Waals surface area contributed by atoms with Crippen molar-refractivity contribution in [3.63, 3.8) is 0 Å². The van der Waals surface area contributed by atoms with E-state index in [1.54, 1.807) is 0 Å². The number of para-hydroxylation sites is 4. The molecule has 8 heteroatoms. The molecular formula is C49H29N7S. The predicted octanol–water partition coefficient (Wildman–Crippen LogP) is 12.1. The molecule has 57 heavy (non-hydrogen) atoms. The zero-order valence-corrected chi connectivity index (χ0v) is 31.1. The zero-order chi connectivity index (χ0) is 37.6. The highest BCUT2D eigenvalue weighted by atomic mass is 32.1. The molecule has 5 aromatic heterocycles. The first kappa shape index (κ1) is 31.8. The number of hydrogen-bond donors (Lipinski definition) is 0. The molecule has 7 aromatic carbocycles. The van der Waals surface area contributed by atoms with Gasteiger partial charge in [0.1, 0.15) is 10.3 Å². The van der Waals surface area contributed by atoms with Gasteiger partial charge >= 0.3 is 0 Å². The number of aromatic nitrogens is 7. The van der Waals surface area contributed by atoms with E-state index >= 15 is 0 Å². The fraction of sp³-hybridized carbons (Fsp3) is 0. The van der Waals surface area contributed by atoms with Gasteiger partial charge in [-0.1, -0.05) is 146 Å². The van der Waals surface area contributed by atoms with E-state index in [0.29, 0.717) is 17.6 Å². The molecule has 0 amide bonds. The summed E-state index contributed by atoms with van der Waals surface area (Å²) in [4.78, 5) is 20.5. The third-order valence-corrected chi connectivity index (χ3v) is 11.5. The molecule has 0 N–H and O–H groups in total. The summed E-state index contributed by atoms with van der Waals surface area (Å²) < 4.78 is 7.45. The Morgan fingerprint density at radius 3 is 1.68 bits per heavy atom. The maximum atomic E-state index is 6.48. The summed E-state index contributed by atoms with van der Waals surface area (Å²) in [6.07, 6.45) is 0. The van der Waals surface area contributed by atoms with Crippen LogP contribution in [0.3, 0.4) is 0 Å². The van der Waals surface area contributed by atoms with E-state index in [1.807, 2.05) is 66.7 Å². The highest BCUT2D eigenvalue weighted by Crippen LogP contribution is 2.40. The van der Waals surface area contributed by atoms with Crippen LogP contribution in [0, 0.1) is 4.64 Å². The van der Waals surface area contributed by atoms with Crippen LogP contribution in [0.25, 0.3) is 105 Å². The minimum absolute atomic E-state index is 0.550. The molecule has 0 atom stereocenters. The van der Waals surface area contributed by atoms with Crippen molar-refractivity contribution >= 4 is 83.3 Å². The van der Waals surface area contributed by atoms with Gasteiger partial charge < -0.3 is 0 Å². The summed E-state index contributed by atoms with van der Waals surface area (Å²) >= 11 is 6.48. The van der Waals surface area contributed by atoms with Crippen LogP contribution in [-0.4, -0.2) is 33.5 Å². The van der Waals surface area contributed by atoms with E-state index in [1.165, 1.54) is 0 Å². The second-order valence-electron chi connectivity index (χ2n) is 14.3. The number of pyridine rings is 2. The monoisotopic (exact) mass is 747 g/mol. The zero-order valence-electron chi connectivity index (χ0n) is 30.3. The molecule has 0 unspecified atom stereocenters. The quantitative estimate of drug-likeness (QED) is 0.132. The highest BCUT2D eigenvalue weighted by Gasteiger charge is 2.22. The van der Waals surface area contributed by atoms with Crippen molar-refractivity contribution in [3.05, 3.63) is 181 Å². The Kier molecular flexibility index (Phi) is 6.81. The second kappa shape index (κ2) is 12.2. The maximum absolute atomic E-state index is 6.48. The normalized spacial score (nSPS) is 11.9. The SMILES string of the molecule is S=c1c2ccccc2c2c(c3ccccc3n3c4ccccc4nc23)n1-c1ccc2c(c1)c1ccccc1n2-c1nc(-c2ccccc2)nc(-c2ccccc2)n1. The van der Waals surface area contributed by atoms with Crippen molar-refractivity contribution < 1.29 is 0 Å². The average Bonchev–Trinajstić information content (AvgIpc) is 3.83. The van der Waals surface area contributed by atoms with Gasteiger partial charge in [0.2, 0.25) is 5.95 Å². The molecule has 7 nitrogen and oxygen atoms in total. The fourth-order valence-electron chi connectivity index (χ4n) is 8.60.